The van der Waals surface area contributed by atoms with E-state index in [1.54, 1.807) is 6.07 Å². The van der Waals surface area contributed by atoms with Gasteiger partial charge in [0.2, 0.25) is 0 Å². The predicted molar refractivity (Wildman–Crippen MR) is 106 cm³/mol. The van der Waals surface area contributed by atoms with E-state index in [0.717, 1.165) is 23.6 Å². The highest BCUT2D eigenvalue weighted by molar-refractivity contribution is 5.84. The van der Waals surface area contributed by atoms with Crippen LogP contribution in [0.1, 0.15) is 29.8 Å². The van der Waals surface area contributed by atoms with Gasteiger partial charge in [-0.25, -0.2) is 0 Å². The lowest BCUT2D eigenvalue weighted by atomic mass is 9.95. The van der Waals surface area contributed by atoms with Crippen LogP contribution in [-0.2, 0) is 30.4 Å². The largest absolute Gasteiger partial charge is 0.484 e. The molecular weight excluding hydrogens is 395 g/mol. The van der Waals surface area contributed by atoms with Gasteiger partial charge >= 0.3 is 6.18 Å². The second kappa shape index (κ2) is 8.38. The zero-order chi connectivity index (χ0) is 21.1. The van der Waals surface area contributed by atoms with Crippen LogP contribution in [0.15, 0.2) is 42.5 Å². The molecule has 1 heterocycles. The van der Waals surface area contributed by atoms with Crippen LogP contribution >= 0.6 is 0 Å². The molecule has 1 aliphatic rings. The number of fused-ring (bicyclic) bond motifs is 2. The second-order valence-corrected chi connectivity index (χ2v) is 7.35. The summed E-state index contributed by atoms with van der Waals surface area (Å²) in [5.74, 6) is 0.250. The first-order valence-corrected chi connectivity index (χ1v) is 9.96. The Morgan fingerprint density at radius 1 is 1.10 bits per heavy atom. The Morgan fingerprint density at radius 2 is 1.87 bits per heavy atom. The Kier molecular flexibility index (Phi) is 5.65. The molecule has 8 heteroatoms. The summed E-state index contributed by atoms with van der Waals surface area (Å²) in [6.07, 6.45) is -1.89. The third-order valence-electron chi connectivity index (χ3n) is 5.26. The van der Waals surface area contributed by atoms with Crippen molar-refractivity contribution in [2.75, 3.05) is 13.2 Å². The number of nitrogens with zero attached hydrogens (tertiary/aromatic N) is 2. The third-order valence-corrected chi connectivity index (χ3v) is 5.26. The number of aromatic nitrogens is 2. The molecule has 0 radical (unpaired) electrons. The molecule has 4 rings (SSSR count). The van der Waals surface area contributed by atoms with E-state index >= 15 is 0 Å². The highest BCUT2D eigenvalue weighted by Crippen LogP contribution is 2.35. The van der Waals surface area contributed by atoms with Crippen molar-refractivity contribution in [3.05, 3.63) is 59.4 Å². The van der Waals surface area contributed by atoms with E-state index in [4.69, 9.17) is 4.74 Å². The molecule has 0 atom stereocenters. The molecule has 0 bridgehead atoms. The second-order valence-electron chi connectivity index (χ2n) is 7.35. The van der Waals surface area contributed by atoms with Gasteiger partial charge in [0.25, 0.3) is 5.91 Å². The summed E-state index contributed by atoms with van der Waals surface area (Å²) in [5.41, 5.74) is 0.151. The van der Waals surface area contributed by atoms with Gasteiger partial charge in [0.05, 0.1) is 6.54 Å². The average Bonchev–Trinajstić information content (AvgIpc) is 3.11. The first-order chi connectivity index (χ1) is 14.4. The first-order valence-electron chi connectivity index (χ1n) is 9.96. The minimum atomic E-state index is -4.45. The Hall–Kier alpha value is -3.03. The van der Waals surface area contributed by atoms with Gasteiger partial charge in [-0.15, -0.1) is 0 Å². The Labute approximate surface area is 171 Å². The number of halogens is 3. The molecule has 3 aromatic rings. The maximum absolute atomic E-state index is 13.2. The zero-order valence-corrected chi connectivity index (χ0v) is 16.3. The summed E-state index contributed by atoms with van der Waals surface area (Å²) < 4.78 is 46.6. The Bertz CT molecular complexity index is 1060. The van der Waals surface area contributed by atoms with Gasteiger partial charge in [-0.2, -0.15) is 18.3 Å². The summed E-state index contributed by atoms with van der Waals surface area (Å²) in [4.78, 5) is 12.1. The number of hydrogen-bond donors (Lipinski definition) is 1. The maximum atomic E-state index is 13.2. The van der Waals surface area contributed by atoms with Gasteiger partial charge in [0.1, 0.15) is 5.75 Å². The minimum Gasteiger partial charge on any atom is -0.484 e. The molecule has 1 aliphatic carbocycles. The van der Waals surface area contributed by atoms with E-state index in [-0.39, 0.29) is 25.6 Å². The van der Waals surface area contributed by atoms with Crippen molar-refractivity contribution in [2.45, 2.75) is 38.4 Å². The highest BCUT2D eigenvalue weighted by Gasteiger charge is 2.39. The van der Waals surface area contributed by atoms with Crippen molar-refractivity contribution in [3.63, 3.8) is 0 Å². The van der Waals surface area contributed by atoms with Crippen LogP contribution in [0.3, 0.4) is 0 Å². The van der Waals surface area contributed by atoms with Crippen molar-refractivity contribution in [1.29, 1.82) is 0 Å². The van der Waals surface area contributed by atoms with Crippen molar-refractivity contribution in [2.24, 2.45) is 0 Å². The van der Waals surface area contributed by atoms with Crippen LogP contribution < -0.4 is 10.1 Å². The Balaban J connectivity index is 1.32. The first kappa shape index (κ1) is 20.3. The molecule has 2 aromatic carbocycles. The van der Waals surface area contributed by atoms with Gasteiger partial charge in [-0.05, 0) is 48.6 Å². The molecule has 1 N–H and O–H groups in total. The monoisotopic (exact) mass is 417 g/mol. The van der Waals surface area contributed by atoms with Crippen LogP contribution in [0, 0.1) is 0 Å². The molecular formula is C22H22F3N3O2. The molecule has 0 saturated carbocycles. The summed E-state index contributed by atoms with van der Waals surface area (Å²) in [6, 6.07) is 13.4. The summed E-state index contributed by atoms with van der Waals surface area (Å²) in [7, 11) is 0. The maximum Gasteiger partial charge on any atom is 0.435 e. The predicted octanol–water partition coefficient (Wildman–Crippen LogP) is 4.13. The lowest BCUT2D eigenvalue weighted by Gasteiger charge is -2.15. The zero-order valence-electron chi connectivity index (χ0n) is 16.3. The number of rotatable bonds is 6. The molecule has 1 aromatic heterocycles. The number of alkyl halides is 3. The van der Waals surface area contributed by atoms with Crippen molar-refractivity contribution in [3.8, 4) is 5.75 Å². The van der Waals surface area contributed by atoms with Crippen LogP contribution in [0.4, 0.5) is 13.2 Å². The topological polar surface area (TPSA) is 56.1 Å². The molecule has 30 heavy (non-hydrogen) atoms. The number of benzene rings is 2. The summed E-state index contributed by atoms with van der Waals surface area (Å²) in [6.45, 7) is 0.217. The van der Waals surface area contributed by atoms with E-state index in [2.05, 4.69) is 10.4 Å². The summed E-state index contributed by atoms with van der Waals surface area (Å²) in [5, 5.41) is 8.57. The van der Waals surface area contributed by atoms with Crippen molar-refractivity contribution >= 4 is 16.7 Å². The average molecular weight is 417 g/mol. The molecule has 0 fully saturated rings. The SMILES string of the molecule is O=C(COc1ccc2ccccc2c1)NCCn1nc(C(F)(F)F)c2c1CCCC2. The van der Waals surface area contributed by atoms with Crippen LogP contribution in [-0.4, -0.2) is 28.8 Å². The molecule has 0 saturated heterocycles. The lowest BCUT2D eigenvalue weighted by Crippen LogP contribution is -2.32. The van der Waals surface area contributed by atoms with Crippen LogP contribution in [0.5, 0.6) is 5.75 Å². The van der Waals surface area contributed by atoms with Crippen molar-refractivity contribution in [1.82, 2.24) is 15.1 Å². The molecule has 158 valence electrons. The number of nitrogens with one attached hydrogen (secondary N) is 1. The number of carbonyl (C=O) groups is 1. The highest BCUT2D eigenvalue weighted by atomic mass is 19.4. The molecule has 1 amide bonds. The fraction of sp³-hybridized carbons (Fsp3) is 0.364. The van der Waals surface area contributed by atoms with E-state index in [1.807, 2.05) is 36.4 Å². The van der Waals surface area contributed by atoms with Gasteiger partial charge < -0.3 is 10.1 Å². The van der Waals surface area contributed by atoms with E-state index in [0.29, 0.717) is 29.8 Å². The van der Waals surface area contributed by atoms with Gasteiger partial charge in [-0.3, -0.25) is 9.48 Å². The van der Waals surface area contributed by atoms with E-state index in [1.165, 1.54) is 4.68 Å². The standard InChI is InChI=1S/C22H22F3N3O2/c23-22(24,25)21-18-7-3-4-8-19(18)28(27-21)12-11-26-20(29)14-30-17-10-9-15-5-1-2-6-16(15)13-17/h1-2,5-6,9-10,13H,3-4,7-8,11-12,14H2,(H,26,29). The normalized spacial score (nSPS) is 13.8. The number of ether oxygens (including phenoxy) is 1. The lowest BCUT2D eigenvalue weighted by molar-refractivity contribution is -0.142. The minimum absolute atomic E-state index is 0.163. The smallest absolute Gasteiger partial charge is 0.435 e. The van der Waals surface area contributed by atoms with Crippen molar-refractivity contribution < 1.29 is 22.7 Å². The van der Waals surface area contributed by atoms with E-state index < -0.39 is 11.9 Å². The Morgan fingerprint density at radius 3 is 2.67 bits per heavy atom. The van der Waals surface area contributed by atoms with Crippen LogP contribution in [0.25, 0.3) is 10.8 Å². The number of carbonyl (C=O) groups excluding carboxylic acids is 1. The number of hydrogen-bond acceptors (Lipinski definition) is 3. The molecule has 5 nitrogen and oxygen atoms in total. The van der Waals surface area contributed by atoms with Crippen LogP contribution in [0.2, 0.25) is 0 Å². The fourth-order valence-electron chi connectivity index (χ4n) is 3.84. The quantitative estimate of drug-likeness (QED) is 0.656. The number of amides is 1. The fourth-order valence-corrected chi connectivity index (χ4v) is 3.84. The van der Waals surface area contributed by atoms with Gasteiger partial charge in [-0.1, -0.05) is 30.3 Å². The molecule has 0 spiro atoms. The molecule has 0 unspecified atom stereocenters. The summed E-state index contributed by atoms with van der Waals surface area (Å²) >= 11 is 0. The van der Waals surface area contributed by atoms with E-state index in [9.17, 15) is 18.0 Å². The molecule has 0 aliphatic heterocycles. The van der Waals surface area contributed by atoms with Gasteiger partial charge in [0, 0.05) is 17.8 Å². The third kappa shape index (κ3) is 4.42. The van der Waals surface area contributed by atoms with Gasteiger partial charge in [0.15, 0.2) is 12.3 Å².